The fourth-order valence-electron chi connectivity index (χ4n) is 3.54. The lowest BCUT2D eigenvalue weighted by molar-refractivity contribution is -0.134. The first-order valence-corrected chi connectivity index (χ1v) is 9.84. The van der Waals surface area contributed by atoms with Crippen LogP contribution in [-0.4, -0.2) is 50.2 Å². The van der Waals surface area contributed by atoms with Crippen LogP contribution in [0.2, 0.25) is 5.02 Å². The third-order valence-corrected chi connectivity index (χ3v) is 7.60. The van der Waals surface area contributed by atoms with Gasteiger partial charge in [0, 0.05) is 31.2 Å². The van der Waals surface area contributed by atoms with E-state index in [0.29, 0.717) is 44.0 Å². The van der Waals surface area contributed by atoms with E-state index in [4.69, 9.17) is 11.6 Å². The maximum absolute atomic E-state index is 13.2. The third kappa shape index (κ3) is 2.88. The van der Waals surface area contributed by atoms with Crippen LogP contribution in [-0.2, 0) is 14.6 Å². The highest BCUT2D eigenvalue weighted by Gasteiger charge is 2.54. The molecule has 0 bridgehead atoms. The molecule has 1 aromatic rings. The predicted octanol–water partition coefficient (Wildman–Crippen LogP) is 1.86. The average molecular weight is 357 g/mol. The Hall–Kier alpha value is -1.11. The van der Waals surface area contributed by atoms with Crippen molar-refractivity contribution in [2.24, 2.45) is 0 Å². The monoisotopic (exact) mass is 356 g/mol. The number of carbonyl (C=O) groups is 1. The second-order valence-electron chi connectivity index (χ2n) is 6.20. The molecule has 3 rings (SSSR count). The molecule has 0 unspecified atom stereocenters. The van der Waals surface area contributed by atoms with Crippen molar-refractivity contribution < 1.29 is 13.2 Å². The highest BCUT2D eigenvalue weighted by atomic mass is 35.5. The molecule has 2 aliphatic rings. The standard InChI is InChI=1S/C16H21ClN2O3S/c17-13-3-5-14(6-4-13)23(21,22)16(7-1-2-8-16)15(20)19-11-9-18-10-12-19/h3-6,18H,1-2,7-12H2. The summed E-state index contributed by atoms with van der Waals surface area (Å²) in [6.07, 6.45) is 2.34. The molecule has 0 aromatic heterocycles. The van der Waals surface area contributed by atoms with E-state index in [1.807, 2.05) is 0 Å². The Balaban J connectivity index is 1.99. The van der Waals surface area contributed by atoms with Crippen LogP contribution >= 0.6 is 11.6 Å². The largest absolute Gasteiger partial charge is 0.339 e. The molecule has 5 nitrogen and oxygen atoms in total. The number of sulfone groups is 1. The van der Waals surface area contributed by atoms with Gasteiger partial charge >= 0.3 is 0 Å². The Morgan fingerprint density at radius 1 is 1.09 bits per heavy atom. The lowest BCUT2D eigenvalue weighted by Gasteiger charge is -2.36. The van der Waals surface area contributed by atoms with Crippen LogP contribution < -0.4 is 5.32 Å². The molecule has 1 saturated heterocycles. The van der Waals surface area contributed by atoms with Gasteiger partial charge in [-0.05, 0) is 37.1 Å². The molecule has 2 fully saturated rings. The highest BCUT2D eigenvalue weighted by Crippen LogP contribution is 2.42. The van der Waals surface area contributed by atoms with Crippen LogP contribution in [0, 0.1) is 0 Å². The van der Waals surface area contributed by atoms with Gasteiger partial charge in [-0.15, -0.1) is 0 Å². The molecule has 1 N–H and O–H groups in total. The molecular weight excluding hydrogens is 336 g/mol. The number of rotatable bonds is 3. The van der Waals surface area contributed by atoms with Gasteiger partial charge in [-0.25, -0.2) is 8.42 Å². The fraction of sp³-hybridized carbons (Fsp3) is 0.562. The Kier molecular flexibility index (Phi) is 4.67. The number of nitrogens with one attached hydrogen (secondary N) is 1. The lowest BCUT2D eigenvalue weighted by Crippen LogP contribution is -2.56. The quantitative estimate of drug-likeness (QED) is 0.897. The van der Waals surface area contributed by atoms with Gasteiger partial charge in [-0.1, -0.05) is 24.4 Å². The molecular formula is C16H21ClN2O3S. The summed E-state index contributed by atoms with van der Waals surface area (Å²) in [5, 5.41) is 3.68. The van der Waals surface area contributed by atoms with Crippen LogP contribution in [0.5, 0.6) is 0 Å². The molecule has 0 atom stereocenters. The van der Waals surface area contributed by atoms with E-state index in [9.17, 15) is 13.2 Å². The van der Waals surface area contributed by atoms with Crippen molar-refractivity contribution in [3.8, 4) is 0 Å². The smallest absolute Gasteiger partial charge is 0.244 e. The minimum Gasteiger partial charge on any atom is -0.339 e. The van der Waals surface area contributed by atoms with Crippen molar-refractivity contribution in [2.45, 2.75) is 35.3 Å². The maximum atomic E-state index is 13.2. The molecule has 1 saturated carbocycles. The Bertz CT molecular complexity index is 676. The van der Waals surface area contributed by atoms with E-state index in [0.717, 1.165) is 12.8 Å². The topological polar surface area (TPSA) is 66.5 Å². The van der Waals surface area contributed by atoms with Crippen LogP contribution in [0.4, 0.5) is 0 Å². The number of carbonyl (C=O) groups excluding carboxylic acids is 1. The van der Waals surface area contributed by atoms with Crippen molar-refractivity contribution in [3.63, 3.8) is 0 Å². The van der Waals surface area contributed by atoms with E-state index in [1.165, 1.54) is 12.1 Å². The SMILES string of the molecule is O=C(N1CCNCC1)C1(S(=O)(=O)c2ccc(Cl)cc2)CCCC1. The molecule has 1 aromatic carbocycles. The molecule has 126 valence electrons. The van der Waals surface area contributed by atoms with E-state index >= 15 is 0 Å². The van der Waals surface area contributed by atoms with E-state index in [1.54, 1.807) is 17.0 Å². The zero-order valence-corrected chi connectivity index (χ0v) is 14.5. The summed E-state index contributed by atoms with van der Waals surface area (Å²) in [7, 11) is -3.74. The summed E-state index contributed by atoms with van der Waals surface area (Å²) >= 11 is 5.86. The average Bonchev–Trinajstić information content (AvgIpc) is 3.07. The Morgan fingerprint density at radius 2 is 1.65 bits per heavy atom. The van der Waals surface area contributed by atoms with Crippen molar-refractivity contribution in [1.29, 1.82) is 0 Å². The molecule has 1 aliphatic heterocycles. The molecule has 0 spiro atoms. The summed E-state index contributed by atoms with van der Waals surface area (Å²) in [6, 6.07) is 6.13. The summed E-state index contributed by atoms with van der Waals surface area (Å²) < 4.78 is 25.2. The zero-order valence-electron chi connectivity index (χ0n) is 12.9. The first-order valence-electron chi connectivity index (χ1n) is 7.98. The normalized spacial score (nSPS) is 21.3. The Morgan fingerprint density at radius 3 is 2.22 bits per heavy atom. The first kappa shape index (κ1) is 16.7. The van der Waals surface area contributed by atoms with Crippen LogP contribution in [0.3, 0.4) is 0 Å². The maximum Gasteiger partial charge on any atom is 0.244 e. The van der Waals surface area contributed by atoms with E-state index in [-0.39, 0.29) is 10.8 Å². The molecule has 1 amide bonds. The molecule has 1 aliphatic carbocycles. The minimum atomic E-state index is -3.74. The lowest BCUT2D eigenvalue weighted by atomic mass is 10.0. The number of nitrogens with zero attached hydrogens (tertiary/aromatic N) is 1. The second-order valence-corrected chi connectivity index (χ2v) is 8.90. The van der Waals surface area contributed by atoms with Gasteiger partial charge in [-0.3, -0.25) is 4.79 Å². The van der Waals surface area contributed by atoms with Gasteiger partial charge in [-0.2, -0.15) is 0 Å². The van der Waals surface area contributed by atoms with Gasteiger partial charge < -0.3 is 10.2 Å². The molecule has 0 radical (unpaired) electrons. The third-order valence-electron chi connectivity index (χ3n) is 4.84. The first-order chi connectivity index (χ1) is 11.0. The summed E-state index contributed by atoms with van der Waals surface area (Å²) in [5.74, 6) is -0.230. The fourth-order valence-corrected chi connectivity index (χ4v) is 5.80. The van der Waals surface area contributed by atoms with Crippen LogP contribution in [0.25, 0.3) is 0 Å². The Labute approximate surface area is 141 Å². The molecule has 23 heavy (non-hydrogen) atoms. The van der Waals surface area contributed by atoms with Gasteiger partial charge in [0.05, 0.1) is 4.90 Å². The van der Waals surface area contributed by atoms with Gasteiger partial charge in [0.1, 0.15) is 0 Å². The zero-order chi connectivity index (χ0) is 16.5. The van der Waals surface area contributed by atoms with Crippen molar-refractivity contribution in [2.75, 3.05) is 26.2 Å². The molecule has 7 heteroatoms. The number of piperazine rings is 1. The van der Waals surface area contributed by atoms with Gasteiger partial charge in [0.25, 0.3) is 0 Å². The summed E-state index contributed by atoms with van der Waals surface area (Å²) in [6.45, 7) is 2.55. The number of hydrogen-bond acceptors (Lipinski definition) is 4. The van der Waals surface area contributed by atoms with E-state index < -0.39 is 14.6 Å². The number of hydrogen-bond donors (Lipinski definition) is 1. The second kappa shape index (κ2) is 6.42. The van der Waals surface area contributed by atoms with Crippen molar-refractivity contribution >= 4 is 27.3 Å². The number of halogens is 1. The van der Waals surface area contributed by atoms with Crippen LogP contribution in [0.15, 0.2) is 29.2 Å². The van der Waals surface area contributed by atoms with Crippen LogP contribution in [0.1, 0.15) is 25.7 Å². The molecule has 1 heterocycles. The van der Waals surface area contributed by atoms with Gasteiger partial charge in [0.2, 0.25) is 5.91 Å². The van der Waals surface area contributed by atoms with Gasteiger partial charge in [0.15, 0.2) is 14.6 Å². The number of amides is 1. The van der Waals surface area contributed by atoms with Crippen molar-refractivity contribution in [1.82, 2.24) is 10.2 Å². The minimum absolute atomic E-state index is 0.187. The van der Waals surface area contributed by atoms with E-state index in [2.05, 4.69) is 5.32 Å². The summed E-state index contributed by atoms with van der Waals surface area (Å²) in [4.78, 5) is 15.0. The van der Waals surface area contributed by atoms with Crippen molar-refractivity contribution in [3.05, 3.63) is 29.3 Å². The predicted molar refractivity (Wildman–Crippen MR) is 89.3 cm³/mol. The number of benzene rings is 1. The highest BCUT2D eigenvalue weighted by molar-refractivity contribution is 7.93. The summed E-state index contributed by atoms with van der Waals surface area (Å²) in [5.41, 5.74) is 0.